The second kappa shape index (κ2) is 7.86. The second-order valence-corrected chi connectivity index (χ2v) is 8.99. The van der Waals surface area contributed by atoms with Crippen molar-refractivity contribution in [2.45, 2.75) is 34.6 Å². The minimum Gasteiger partial charge on any atom is -0.317 e. The van der Waals surface area contributed by atoms with E-state index in [9.17, 15) is 14.9 Å². The number of carbonyl (C=O) groups excluding carboxylic acids is 1. The Morgan fingerprint density at radius 3 is 2.59 bits per heavy atom. The van der Waals surface area contributed by atoms with Gasteiger partial charge >= 0.3 is 0 Å². The van der Waals surface area contributed by atoms with Crippen LogP contribution in [0, 0.1) is 42.2 Å². The summed E-state index contributed by atoms with van der Waals surface area (Å²) in [5, 5.41) is 26.9. The molecule has 0 radical (unpaired) electrons. The fourth-order valence-corrected chi connectivity index (χ4v) is 4.54. The van der Waals surface area contributed by atoms with Crippen molar-refractivity contribution in [2.24, 2.45) is 16.0 Å². The standard InChI is InChI=1S/C22H22N6O3S/c1-11(2)21-25-27-19(23)17(20(29)24-22(27)32-21)9-15-8-13(4)26(14(15)5)18-10-16(28(30)31)7-6-12(18)3/h6-11,23H,1-5H3/b17-9+,23-19?. The third-order valence-electron chi connectivity index (χ3n) is 5.38. The number of nitro groups is 1. The molecular weight excluding hydrogens is 428 g/mol. The van der Waals surface area contributed by atoms with E-state index in [4.69, 9.17) is 5.41 Å². The molecule has 164 valence electrons. The normalized spacial score (nSPS) is 17.2. The Morgan fingerprint density at radius 1 is 1.22 bits per heavy atom. The summed E-state index contributed by atoms with van der Waals surface area (Å²) in [5.74, 6) is -0.328. The highest BCUT2D eigenvalue weighted by atomic mass is 32.2. The average molecular weight is 451 g/mol. The van der Waals surface area contributed by atoms with Crippen LogP contribution in [0.5, 0.6) is 0 Å². The van der Waals surface area contributed by atoms with Crippen molar-refractivity contribution in [3.8, 4) is 5.69 Å². The van der Waals surface area contributed by atoms with Gasteiger partial charge in [-0.05, 0) is 55.8 Å². The summed E-state index contributed by atoms with van der Waals surface area (Å²) in [6, 6.07) is 6.63. The molecule has 0 saturated carbocycles. The van der Waals surface area contributed by atoms with Gasteiger partial charge in [-0.2, -0.15) is 15.1 Å². The molecule has 0 bridgehead atoms. The quantitative estimate of drug-likeness (QED) is 0.415. The number of rotatable bonds is 4. The van der Waals surface area contributed by atoms with Gasteiger partial charge in [0.1, 0.15) is 5.04 Å². The van der Waals surface area contributed by atoms with Crippen LogP contribution >= 0.6 is 11.8 Å². The average Bonchev–Trinajstić information content (AvgIpc) is 3.27. The molecule has 0 fully saturated rings. The fraction of sp³-hybridized carbons (Fsp3) is 0.273. The molecule has 0 aliphatic carbocycles. The number of hydrogen-bond acceptors (Lipinski definition) is 6. The van der Waals surface area contributed by atoms with E-state index in [1.54, 1.807) is 18.2 Å². The Kier molecular flexibility index (Phi) is 5.33. The van der Waals surface area contributed by atoms with Crippen LogP contribution in [0.25, 0.3) is 11.8 Å². The van der Waals surface area contributed by atoms with Crippen molar-refractivity contribution in [3.63, 3.8) is 0 Å². The van der Waals surface area contributed by atoms with E-state index in [-0.39, 0.29) is 23.0 Å². The lowest BCUT2D eigenvalue weighted by atomic mass is 10.1. The van der Waals surface area contributed by atoms with Gasteiger partial charge in [0.25, 0.3) is 11.6 Å². The first-order valence-electron chi connectivity index (χ1n) is 10.0. The third kappa shape index (κ3) is 3.56. The number of amides is 1. The number of non-ortho nitro benzene ring substituents is 1. The van der Waals surface area contributed by atoms with E-state index in [2.05, 4.69) is 10.1 Å². The number of aromatic nitrogens is 1. The summed E-state index contributed by atoms with van der Waals surface area (Å²) in [4.78, 5) is 27.7. The van der Waals surface area contributed by atoms with Crippen molar-refractivity contribution in [1.82, 2.24) is 9.58 Å². The Morgan fingerprint density at radius 2 is 1.94 bits per heavy atom. The maximum Gasteiger partial charge on any atom is 0.283 e. The van der Waals surface area contributed by atoms with E-state index < -0.39 is 10.8 Å². The molecule has 9 nitrogen and oxygen atoms in total. The Labute approximate surface area is 189 Å². The first-order valence-corrected chi connectivity index (χ1v) is 10.8. The largest absolute Gasteiger partial charge is 0.317 e. The number of aliphatic imine (C=N–C) groups is 1. The third-order valence-corrected chi connectivity index (χ3v) is 6.59. The highest BCUT2D eigenvalue weighted by Gasteiger charge is 2.36. The predicted octanol–water partition coefficient (Wildman–Crippen LogP) is 4.59. The van der Waals surface area contributed by atoms with Crippen molar-refractivity contribution in [1.29, 1.82) is 5.41 Å². The molecule has 2 aromatic rings. The van der Waals surface area contributed by atoms with Crippen LogP contribution in [-0.4, -0.2) is 36.5 Å². The van der Waals surface area contributed by atoms with E-state index >= 15 is 0 Å². The molecule has 0 atom stereocenters. The zero-order valence-electron chi connectivity index (χ0n) is 18.3. The van der Waals surface area contributed by atoms with Crippen molar-refractivity contribution < 1.29 is 9.72 Å². The SMILES string of the molecule is Cc1ccc([N+](=O)[O-])cc1-n1c(C)cc(/C=C2\C(=N)N3N=C(C(C)C)SC3=NC2=O)c1C. The zero-order valence-corrected chi connectivity index (χ0v) is 19.1. The molecule has 1 amide bonds. The molecule has 2 aliphatic heterocycles. The Bertz CT molecular complexity index is 1280. The number of carbonyl (C=O) groups is 1. The summed E-state index contributed by atoms with van der Waals surface area (Å²) >= 11 is 1.31. The van der Waals surface area contributed by atoms with Crippen molar-refractivity contribution in [2.75, 3.05) is 0 Å². The highest BCUT2D eigenvalue weighted by molar-refractivity contribution is 8.27. The van der Waals surface area contributed by atoms with Crippen LogP contribution in [0.2, 0.25) is 0 Å². The number of aryl methyl sites for hydroxylation is 2. The van der Waals surface area contributed by atoms with Crippen molar-refractivity contribution in [3.05, 3.63) is 62.5 Å². The minimum absolute atomic E-state index is 0.00876. The number of amidine groups is 2. The monoisotopic (exact) mass is 450 g/mol. The molecule has 10 heteroatoms. The lowest BCUT2D eigenvalue weighted by Crippen LogP contribution is -2.35. The van der Waals surface area contributed by atoms with Gasteiger partial charge in [-0.15, -0.1) is 0 Å². The summed E-state index contributed by atoms with van der Waals surface area (Å²) < 4.78 is 1.92. The van der Waals surface area contributed by atoms with Crippen LogP contribution in [0.3, 0.4) is 0 Å². The first-order chi connectivity index (χ1) is 15.1. The number of nitro benzene ring substituents is 1. The van der Waals surface area contributed by atoms with Gasteiger partial charge < -0.3 is 4.57 Å². The molecule has 0 spiro atoms. The number of thioether (sulfide) groups is 1. The van der Waals surface area contributed by atoms with E-state index in [1.165, 1.54) is 22.8 Å². The van der Waals surface area contributed by atoms with Gasteiger partial charge in [-0.25, -0.2) is 0 Å². The Hall–Kier alpha value is -3.53. The number of nitrogens with zero attached hydrogens (tertiary/aromatic N) is 5. The minimum atomic E-state index is -0.481. The van der Waals surface area contributed by atoms with Gasteiger partial charge in [-0.1, -0.05) is 19.9 Å². The summed E-state index contributed by atoms with van der Waals surface area (Å²) in [7, 11) is 0. The van der Waals surface area contributed by atoms with Crippen LogP contribution < -0.4 is 0 Å². The second-order valence-electron chi connectivity index (χ2n) is 8.00. The van der Waals surface area contributed by atoms with Gasteiger partial charge in [0.15, 0.2) is 5.84 Å². The molecule has 32 heavy (non-hydrogen) atoms. The highest BCUT2D eigenvalue weighted by Crippen LogP contribution is 2.32. The summed E-state index contributed by atoms with van der Waals surface area (Å²) in [6.45, 7) is 9.66. The number of benzene rings is 1. The molecule has 2 aliphatic rings. The molecule has 0 unspecified atom stereocenters. The van der Waals surface area contributed by atoms with E-state index in [0.29, 0.717) is 10.9 Å². The molecule has 1 aromatic heterocycles. The zero-order chi connectivity index (χ0) is 23.3. The molecule has 1 N–H and O–H groups in total. The predicted molar refractivity (Wildman–Crippen MR) is 126 cm³/mol. The molecule has 0 saturated heterocycles. The van der Waals surface area contributed by atoms with Crippen LogP contribution in [-0.2, 0) is 4.79 Å². The summed E-state index contributed by atoms with van der Waals surface area (Å²) in [6.07, 6.45) is 1.64. The Balaban J connectivity index is 1.78. The van der Waals surface area contributed by atoms with Crippen LogP contribution in [0.1, 0.15) is 36.4 Å². The molecule has 3 heterocycles. The molecule has 4 rings (SSSR count). The number of nitrogens with one attached hydrogen (secondary N) is 1. The van der Waals surface area contributed by atoms with Crippen LogP contribution in [0.4, 0.5) is 5.69 Å². The summed E-state index contributed by atoms with van der Waals surface area (Å²) in [5.41, 5.74) is 4.14. The van der Waals surface area contributed by atoms with Gasteiger partial charge in [-0.3, -0.25) is 20.3 Å². The molecular formula is C22H22N6O3S. The lowest BCUT2D eigenvalue weighted by Gasteiger charge is -2.20. The molecule has 1 aromatic carbocycles. The van der Waals surface area contributed by atoms with Gasteiger partial charge in [0, 0.05) is 29.4 Å². The smallest absolute Gasteiger partial charge is 0.283 e. The van der Waals surface area contributed by atoms with E-state index in [1.807, 2.05) is 45.3 Å². The van der Waals surface area contributed by atoms with Crippen LogP contribution in [0.15, 0.2) is 39.9 Å². The van der Waals surface area contributed by atoms with E-state index in [0.717, 1.165) is 27.6 Å². The number of hydrazone groups is 1. The lowest BCUT2D eigenvalue weighted by molar-refractivity contribution is -0.384. The fourth-order valence-electron chi connectivity index (χ4n) is 3.65. The topological polar surface area (TPSA) is 117 Å². The maximum absolute atomic E-state index is 12.7. The number of hydrogen-bond donors (Lipinski definition) is 1. The van der Waals surface area contributed by atoms with Crippen molar-refractivity contribution >= 4 is 45.5 Å². The number of fused-ring (bicyclic) bond motifs is 1. The first kappa shape index (κ1) is 21.7. The van der Waals surface area contributed by atoms with Gasteiger partial charge in [0.05, 0.1) is 16.2 Å². The van der Waals surface area contributed by atoms with Gasteiger partial charge in [0.2, 0.25) is 5.17 Å². The maximum atomic E-state index is 12.7.